The van der Waals surface area contributed by atoms with Gasteiger partial charge >= 0.3 is 5.97 Å². The normalized spacial score (nSPS) is 47.3. The largest absolute Gasteiger partial charge is 0.454 e. The molecular weight excluding hydrogens is 348 g/mol. The molecule has 4 saturated carbocycles. The summed E-state index contributed by atoms with van der Waals surface area (Å²) in [5, 5.41) is 10.7. The molecule has 28 heavy (non-hydrogen) atoms. The summed E-state index contributed by atoms with van der Waals surface area (Å²) in [6, 6.07) is 0. The molecule has 3 heteroatoms. The number of hydrogen-bond acceptors (Lipinski definition) is 3. The molecule has 4 aliphatic rings. The molecule has 0 saturated heterocycles. The van der Waals surface area contributed by atoms with Gasteiger partial charge in [-0.05, 0) is 93.0 Å². The summed E-state index contributed by atoms with van der Waals surface area (Å²) in [7, 11) is 0. The van der Waals surface area contributed by atoms with E-state index in [-0.39, 0.29) is 34.4 Å². The fraction of sp³-hybridized carbons (Fsp3) is 0.800. The topological polar surface area (TPSA) is 46.5 Å². The van der Waals surface area contributed by atoms with Gasteiger partial charge in [-0.1, -0.05) is 33.4 Å². The number of aliphatic hydroxyl groups is 1. The van der Waals surface area contributed by atoms with Crippen LogP contribution in [0.4, 0.5) is 0 Å². The summed E-state index contributed by atoms with van der Waals surface area (Å²) in [6.45, 7) is 15.2. The number of ether oxygens (including phenoxy) is 1. The highest BCUT2D eigenvalue weighted by Gasteiger charge is 2.68. The number of fused-ring (bicyclic) bond motifs is 3. The first kappa shape index (κ1) is 20.2. The fourth-order valence-electron chi connectivity index (χ4n) is 8.06. The third kappa shape index (κ3) is 2.54. The minimum atomic E-state index is -0.208. The Morgan fingerprint density at radius 2 is 1.86 bits per heavy atom. The van der Waals surface area contributed by atoms with E-state index in [4.69, 9.17) is 4.74 Å². The molecule has 2 bridgehead atoms. The predicted molar refractivity (Wildman–Crippen MR) is 112 cm³/mol. The number of rotatable bonds is 2. The number of hydrogen-bond donors (Lipinski definition) is 1. The molecule has 1 N–H and O–H groups in total. The van der Waals surface area contributed by atoms with Crippen LogP contribution in [0.5, 0.6) is 0 Å². The molecule has 1 spiro atoms. The van der Waals surface area contributed by atoms with Crippen molar-refractivity contribution in [3.63, 3.8) is 0 Å². The highest BCUT2D eigenvalue weighted by molar-refractivity contribution is 5.88. The maximum atomic E-state index is 12.7. The lowest BCUT2D eigenvalue weighted by Gasteiger charge is -2.65. The number of carbonyl (C=O) groups is 1. The average Bonchev–Trinajstić information content (AvgIpc) is 2.84. The summed E-state index contributed by atoms with van der Waals surface area (Å²) in [6.07, 6.45) is 9.19. The number of aliphatic hydroxyl groups excluding tert-OH is 1. The van der Waals surface area contributed by atoms with Crippen molar-refractivity contribution < 1.29 is 14.6 Å². The lowest BCUT2D eigenvalue weighted by Crippen LogP contribution is -2.61. The van der Waals surface area contributed by atoms with Gasteiger partial charge in [-0.15, -0.1) is 0 Å². The molecule has 0 aromatic heterocycles. The highest BCUT2D eigenvalue weighted by atomic mass is 16.5. The molecular formula is C25H38O3. The standard InChI is InChI=1S/C25H38O3/c1-7-15(2)22(27)28-21-16(3)17-8-9-19-24(6)12-11-20(26)23(4,5)18(24)10-13-25(19,21)14-17/h7,17-21,26H,3,8-14H2,1-2,4-6H3/t17-,18?,19?,20?,21?,24?,25?/m1/s1. The molecule has 4 aliphatic carbocycles. The van der Waals surface area contributed by atoms with Crippen molar-refractivity contribution in [1.29, 1.82) is 0 Å². The summed E-state index contributed by atoms with van der Waals surface area (Å²) in [5.41, 5.74) is 2.06. The van der Waals surface area contributed by atoms with Crippen molar-refractivity contribution in [2.24, 2.45) is 34.0 Å². The van der Waals surface area contributed by atoms with E-state index in [0.29, 0.717) is 23.3 Å². The Morgan fingerprint density at radius 3 is 2.54 bits per heavy atom. The van der Waals surface area contributed by atoms with Crippen molar-refractivity contribution in [1.82, 2.24) is 0 Å². The molecule has 0 aliphatic heterocycles. The van der Waals surface area contributed by atoms with E-state index in [1.165, 1.54) is 12.8 Å². The van der Waals surface area contributed by atoms with Gasteiger partial charge in [-0.2, -0.15) is 0 Å². The molecule has 0 radical (unpaired) electrons. The van der Waals surface area contributed by atoms with E-state index in [1.807, 2.05) is 19.9 Å². The molecule has 0 aromatic rings. The van der Waals surface area contributed by atoms with Crippen LogP contribution < -0.4 is 0 Å². The van der Waals surface area contributed by atoms with Crippen molar-refractivity contribution in [2.75, 3.05) is 0 Å². The highest BCUT2D eigenvalue weighted by Crippen LogP contribution is 2.72. The smallest absolute Gasteiger partial charge is 0.333 e. The molecule has 6 unspecified atom stereocenters. The van der Waals surface area contributed by atoms with Gasteiger partial charge in [-0.3, -0.25) is 0 Å². The first-order valence-electron chi connectivity index (χ1n) is 11.3. The molecule has 3 nitrogen and oxygen atoms in total. The van der Waals surface area contributed by atoms with E-state index in [1.54, 1.807) is 0 Å². The van der Waals surface area contributed by atoms with Crippen LogP contribution in [0.2, 0.25) is 0 Å². The van der Waals surface area contributed by atoms with Crippen LogP contribution in [0, 0.1) is 34.0 Å². The average molecular weight is 387 g/mol. The Bertz CT molecular complexity index is 719. The Hall–Kier alpha value is -1.09. The maximum absolute atomic E-state index is 12.7. The van der Waals surface area contributed by atoms with Gasteiger partial charge in [0.1, 0.15) is 6.10 Å². The monoisotopic (exact) mass is 386 g/mol. The Kier molecular flexibility index (Phi) is 4.65. The van der Waals surface area contributed by atoms with E-state index >= 15 is 0 Å². The van der Waals surface area contributed by atoms with Crippen LogP contribution >= 0.6 is 0 Å². The fourth-order valence-corrected chi connectivity index (χ4v) is 8.06. The zero-order valence-electron chi connectivity index (χ0n) is 18.4. The summed E-state index contributed by atoms with van der Waals surface area (Å²) in [4.78, 5) is 12.7. The van der Waals surface area contributed by atoms with Crippen molar-refractivity contribution >= 4 is 5.97 Å². The second-order valence-electron chi connectivity index (χ2n) is 11.1. The van der Waals surface area contributed by atoms with Crippen molar-refractivity contribution in [2.45, 2.75) is 91.8 Å². The molecule has 4 fully saturated rings. The van der Waals surface area contributed by atoms with Gasteiger partial charge < -0.3 is 9.84 Å². The SMILES string of the molecule is C=C1C(OC(=O)C(C)=CC)C23CCC4C(C)(C)C(O)CCC4(C)C2CC[C@@H]1C3. The van der Waals surface area contributed by atoms with Gasteiger partial charge in [0.25, 0.3) is 0 Å². The van der Waals surface area contributed by atoms with Crippen LogP contribution in [0.15, 0.2) is 23.8 Å². The maximum Gasteiger partial charge on any atom is 0.333 e. The predicted octanol–water partition coefficient (Wildman–Crippen LogP) is 5.43. The minimum Gasteiger partial charge on any atom is -0.454 e. The lowest BCUT2D eigenvalue weighted by atomic mass is 9.40. The van der Waals surface area contributed by atoms with Crippen LogP contribution in [-0.4, -0.2) is 23.3 Å². The molecule has 4 rings (SSSR count). The third-order valence-electron chi connectivity index (χ3n) is 9.69. The zero-order chi connectivity index (χ0) is 20.5. The number of allylic oxidation sites excluding steroid dienone is 1. The van der Waals surface area contributed by atoms with E-state index < -0.39 is 0 Å². The lowest BCUT2D eigenvalue weighted by molar-refractivity contribution is -0.201. The second-order valence-corrected chi connectivity index (χ2v) is 11.1. The Balaban J connectivity index is 1.72. The second kappa shape index (κ2) is 6.45. The van der Waals surface area contributed by atoms with Gasteiger partial charge in [-0.25, -0.2) is 4.79 Å². The minimum absolute atomic E-state index is 0.0468. The number of carbonyl (C=O) groups excluding carboxylic acids is 1. The molecule has 7 atom stereocenters. The quantitative estimate of drug-likeness (QED) is 0.391. The van der Waals surface area contributed by atoms with Gasteiger partial charge in [0.05, 0.1) is 6.10 Å². The molecule has 0 amide bonds. The third-order valence-corrected chi connectivity index (χ3v) is 9.69. The van der Waals surface area contributed by atoms with E-state index in [9.17, 15) is 9.90 Å². The summed E-state index contributed by atoms with van der Waals surface area (Å²) in [5.74, 6) is 1.39. The zero-order valence-corrected chi connectivity index (χ0v) is 18.4. The first-order chi connectivity index (χ1) is 13.1. The van der Waals surface area contributed by atoms with Gasteiger partial charge in [0.15, 0.2) is 0 Å². The van der Waals surface area contributed by atoms with E-state index in [0.717, 1.165) is 37.7 Å². The first-order valence-corrected chi connectivity index (χ1v) is 11.3. The van der Waals surface area contributed by atoms with Crippen LogP contribution in [-0.2, 0) is 9.53 Å². The van der Waals surface area contributed by atoms with Gasteiger partial charge in [0, 0.05) is 11.0 Å². The van der Waals surface area contributed by atoms with Gasteiger partial charge in [0.2, 0.25) is 0 Å². The van der Waals surface area contributed by atoms with Crippen LogP contribution in [0.1, 0.15) is 79.6 Å². The molecule has 156 valence electrons. The molecule has 0 heterocycles. The van der Waals surface area contributed by atoms with Crippen molar-refractivity contribution in [3.05, 3.63) is 23.8 Å². The van der Waals surface area contributed by atoms with E-state index in [2.05, 4.69) is 27.4 Å². The Morgan fingerprint density at radius 1 is 1.14 bits per heavy atom. The van der Waals surface area contributed by atoms with Crippen LogP contribution in [0.25, 0.3) is 0 Å². The van der Waals surface area contributed by atoms with Crippen LogP contribution in [0.3, 0.4) is 0 Å². The molecule has 0 aromatic carbocycles. The number of esters is 1. The summed E-state index contributed by atoms with van der Waals surface area (Å²) >= 11 is 0. The van der Waals surface area contributed by atoms with Crippen molar-refractivity contribution in [3.8, 4) is 0 Å². The summed E-state index contributed by atoms with van der Waals surface area (Å²) < 4.78 is 6.19. The Labute approximate surface area is 170 Å².